The Morgan fingerprint density at radius 3 is 2.71 bits per heavy atom. The third kappa shape index (κ3) is 3.39. The second kappa shape index (κ2) is 5.10. The minimum absolute atomic E-state index is 0.877. The zero-order chi connectivity index (χ0) is 12.3. The van der Waals surface area contributed by atoms with Gasteiger partial charge in [-0.2, -0.15) is 0 Å². The van der Waals surface area contributed by atoms with E-state index >= 15 is 0 Å². The molecule has 0 aliphatic rings. The predicted octanol–water partition coefficient (Wildman–Crippen LogP) is 2.05. The van der Waals surface area contributed by atoms with Gasteiger partial charge in [0.2, 0.25) is 0 Å². The van der Waals surface area contributed by atoms with Crippen LogP contribution in [0.3, 0.4) is 0 Å². The lowest BCUT2D eigenvalue weighted by molar-refractivity contribution is 0.315. The van der Waals surface area contributed by atoms with E-state index in [2.05, 4.69) is 39.0 Å². The molecule has 2 aromatic heterocycles. The van der Waals surface area contributed by atoms with Crippen LogP contribution in [0.15, 0.2) is 24.5 Å². The Hall–Kier alpha value is -1.68. The summed E-state index contributed by atoms with van der Waals surface area (Å²) in [4.78, 5) is 13.9. The third-order valence-corrected chi connectivity index (χ3v) is 2.61. The number of aryl methyl sites for hydroxylation is 2. The molecule has 0 aromatic carbocycles. The van der Waals surface area contributed by atoms with Crippen molar-refractivity contribution in [2.24, 2.45) is 0 Å². The van der Waals surface area contributed by atoms with E-state index in [1.165, 1.54) is 5.56 Å². The van der Waals surface area contributed by atoms with E-state index in [4.69, 9.17) is 0 Å². The van der Waals surface area contributed by atoms with Crippen LogP contribution in [0, 0.1) is 13.8 Å². The molecule has 4 nitrogen and oxygen atoms in total. The molecule has 0 fully saturated rings. The Labute approximate surface area is 102 Å². The number of aromatic amines is 1. The number of pyridine rings is 1. The maximum Gasteiger partial charge on any atom is 0.103 e. The summed E-state index contributed by atoms with van der Waals surface area (Å²) in [6.45, 7) is 5.78. The average molecular weight is 230 g/mol. The Kier molecular flexibility index (Phi) is 3.54. The first-order valence-electron chi connectivity index (χ1n) is 5.74. The molecule has 0 atom stereocenters. The van der Waals surface area contributed by atoms with Crippen LogP contribution < -0.4 is 0 Å². The first-order chi connectivity index (χ1) is 8.13. The Bertz CT molecular complexity index is 490. The highest BCUT2D eigenvalue weighted by molar-refractivity contribution is 5.15. The first kappa shape index (κ1) is 11.8. The number of hydrogen-bond acceptors (Lipinski definition) is 3. The largest absolute Gasteiger partial charge is 0.345 e. The number of aromatic nitrogens is 3. The highest BCUT2D eigenvalue weighted by Crippen LogP contribution is 2.07. The maximum atomic E-state index is 4.20. The summed E-state index contributed by atoms with van der Waals surface area (Å²) in [7, 11) is 2.10. The minimum atomic E-state index is 0.877. The van der Waals surface area contributed by atoms with Crippen LogP contribution in [0.5, 0.6) is 0 Å². The minimum Gasteiger partial charge on any atom is -0.345 e. The molecule has 0 bridgehead atoms. The van der Waals surface area contributed by atoms with E-state index in [1.54, 1.807) is 0 Å². The van der Waals surface area contributed by atoms with E-state index in [0.29, 0.717) is 0 Å². The quantitative estimate of drug-likeness (QED) is 0.874. The van der Waals surface area contributed by atoms with Gasteiger partial charge in [0, 0.05) is 36.9 Å². The van der Waals surface area contributed by atoms with Gasteiger partial charge >= 0.3 is 0 Å². The summed E-state index contributed by atoms with van der Waals surface area (Å²) in [5.41, 5.74) is 3.50. The third-order valence-electron chi connectivity index (χ3n) is 2.61. The number of hydrogen-bond donors (Lipinski definition) is 1. The second-order valence-electron chi connectivity index (χ2n) is 4.47. The first-order valence-corrected chi connectivity index (χ1v) is 5.74. The molecule has 2 aromatic rings. The average Bonchev–Trinajstić information content (AvgIpc) is 2.63. The maximum absolute atomic E-state index is 4.20. The van der Waals surface area contributed by atoms with Gasteiger partial charge in [-0.15, -0.1) is 0 Å². The van der Waals surface area contributed by atoms with Crippen molar-refractivity contribution in [3.05, 3.63) is 47.3 Å². The molecular formula is C13H18N4. The summed E-state index contributed by atoms with van der Waals surface area (Å²) in [6.07, 6.45) is 3.75. The van der Waals surface area contributed by atoms with Crippen molar-refractivity contribution >= 4 is 0 Å². The van der Waals surface area contributed by atoms with Gasteiger partial charge in [-0.3, -0.25) is 9.88 Å². The van der Waals surface area contributed by atoms with Gasteiger partial charge in [0.25, 0.3) is 0 Å². The number of H-pyrrole nitrogens is 1. The van der Waals surface area contributed by atoms with Crippen molar-refractivity contribution in [1.29, 1.82) is 0 Å². The lowest BCUT2D eigenvalue weighted by Crippen LogP contribution is -2.17. The van der Waals surface area contributed by atoms with Gasteiger partial charge in [-0.25, -0.2) is 4.98 Å². The summed E-state index contributed by atoms with van der Waals surface area (Å²) in [5, 5.41) is 0. The molecule has 0 aliphatic heterocycles. The Balaban J connectivity index is 1.95. The molecule has 0 spiro atoms. The molecule has 4 heteroatoms. The van der Waals surface area contributed by atoms with E-state index < -0.39 is 0 Å². The lowest BCUT2D eigenvalue weighted by Gasteiger charge is -2.15. The van der Waals surface area contributed by atoms with Crippen LogP contribution in [0.2, 0.25) is 0 Å². The SMILES string of the molecule is Cc1cc(CN(C)Cc2cnc(C)[nH]2)ccn1. The predicted molar refractivity (Wildman–Crippen MR) is 67.5 cm³/mol. The van der Waals surface area contributed by atoms with E-state index in [0.717, 1.165) is 30.3 Å². The lowest BCUT2D eigenvalue weighted by atomic mass is 10.2. The number of imidazole rings is 1. The van der Waals surface area contributed by atoms with Gasteiger partial charge in [0.15, 0.2) is 0 Å². The smallest absolute Gasteiger partial charge is 0.103 e. The highest BCUT2D eigenvalue weighted by Gasteiger charge is 2.04. The molecule has 0 aliphatic carbocycles. The summed E-state index contributed by atoms with van der Waals surface area (Å²) in [5.74, 6) is 0.966. The van der Waals surface area contributed by atoms with Gasteiger partial charge in [0.05, 0.1) is 0 Å². The zero-order valence-electron chi connectivity index (χ0n) is 10.6. The molecule has 0 radical (unpaired) electrons. The van der Waals surface area contributed by atoms with Gasteiger partial charge in [0.1, 0.15) is 5.82 Å². The summed E-state index contributed by atoms with van der Waals surface area (Å²) in [6, 6.07) is 4.18. The fraction of sp³-hybridized carbons (Fsp3) is 0.385. The van der Waals surface area contributed by atoms with Crippen LogP contribution in [-0.2, 0) is 13.1 Å². The summed E-state index contributed by atoms with van der Waals surface area (Å²) < 4.78 is 0. The second-order valence-corrected chi connectivity index (χ2v) is 4.47. The van der Waals surface area contributed by atoms with Gasteiger partial charge in [-0.1, -0.05) is 0 Å². The van der Waals surface area contributed by atoms with Crippen molar-refractivity contribution in [2.75, 3.05) is 7.05 Å². The normalized spacial score (nSPS) is 11.1. The van der Waals surface area contributed by atoms with Crippen LogP contribution in [0.25, 0.3) is 0 Å². The van der Waals surface area contributed by atoms with Crippen molar-refractivity contribution in [2.45, 2.75) is 26.9 Å². The van der Waals surface area contributed by atoms with Crippen LogP contribution in [-0.4, -0.2) is 26.9 Å². The van der Waals surface area contributed by atoms with Crippen LogP contribution in [0.4, 0.5) is 0 Å². The molecule has 90 valence electrons. The van der Waals surface area contributed by atoms with E-state index in [-0.39, 0.29) is 0 Å². The molecule has 0 amide bonds. The summed E-state index contributed by atoms with van der Waals surface area (Å²) >= 11 is 0. The fourth-order valence-corrected chi connectivity index (χ4v) is 1.91. The van der Waals surface area contributed by atoms with Crippen molar-refractivity contribution < 1.29 is 0 Å². The number of nitrogens with one attached hydrogen (secondary N) is 1. The van der Waals surface area contributed by atoms with Crippen LogP contribution >= 0.6 is 0 Å². The fourth-order valence-electron chi connectivity index (χ4n) is 1.91. The number of rotatable bonds is 4. The molecule has 1 N–H and O–H groups in total. The molecule has 0 unspecified atom stereocenters. The van der Waals surface area contributed by atoms with E-state index in [1.807, 2.05) is 26.2 Å². The van der Waals surface area contributed by atoms with Crippen molar-refractivity contribution in [3.8, 4) is 0 Å². The number of nitrogens with zero attached hydrogens (tertiary/aromatic N) is 3. The Morgan fingerprint density at radius 1 is 1.24 bits per heavy atom. The molecule has 2 rings (SSSR count). The van der Waals surface area contributed by atoms with Gasteiger partial charge < -0.3 is 4.98 Å². The van der Waals surface area contributed by atoms with Crippen molar-refractivity contribution in [3.63, 3.8) is 0 Å². The molecule has 0 saturated heterocycles. The van der Waals surface area contributed by atoms with Crippen LogP contribution in [0.1, 0.15) is 22.8 Å². The topological polar surface area (TPSA) is 44.8 Å². The standard InChI is InChI=1S/C13H18N4/c1-10-6-12(4-5-14-10)8-17(3)9-13-7-15-11(2)16-13/h4-7H,8-9H2,1-3H3,(H,15,16). The highest BCUT2D eigenvalue weighted by atomic mass is 15.1. The van der Waals surface area contributed by atoms with Gasteiger partial charge in [-0.05, 0) is 38.6 Å². The van der Waals surface area contributed by atoms with E-state index in [9.17, 15) is 0 Å². The molecule has 0 saturated carbocycles. The zero-order valence-corrected chi connectivity index (χ0v) is 10.6. The molecular weight excluding hydrogens is 212 g/mol. The molecule has 2 heterocycles. The Morgan fingerprint density at radius 2 is 2.06 bits per heavy atom. The van der Waals surface area contributed by atoms with Crippen molar-refractivity contribution in [1.82, 2.24) is 19.9 Å². The monoisotopic (exact) mass is 230 g/mol. The molecule has 17 heavy (non-hydrogen) atoms.